The van der Waals surface area contributed by atoms with E-state index >= 15 is 0 Å². The van der Waals surface area contributed by atoms with Crippen LogP contribution < -0.4 is 10.9 Å². The van der Waals surface area contributed by atoms with Gasteiger partial charge < -0.3 is 9.73 Å². The van der Waals surface area contributed by atoms with Gasteiger partial charge in [-0.15, -0.1) is 0 Å². The van der Waals surface area contributed by atoms with Gasteiger partial charge in [-0.05, 0) is 37.1 Å². The number of rotatable bonds is 6. The van der Waals surface area contributed by atoms with Crippen molar-refractivity contribution in [3.63, 3.8) is 0 Å². The molecule has 0 aliphatic rings. The standard InChI is InChI=1S/C18H22N2O3/c1-4-7-12(2)15-10-13(3)16(18(22)23-15)17(21)20-11-14-8-5-6-9-19-14/h5-6,8-10,12H,4,7,11H2,1-3H3,(H,20,21). The summed E-state index contributed by atoms with van der Waals surface area (Å²) in [5.41, 5.74) is 0.851. The fourth-order valence-corrected chi connectivity index (χ4v) is 2.49. The van der Waals surface area contributed by atoms with E-state index in [-0.39, 0.29) is 18.0 Å². The molecule has 122 valence electrons. The Bertz CT molecular complexity index is 723. The van der Waals surface area contributed by atoms with Crippen molar-refractivity contribution in [3.8, 4) is 0 Å². The van der Waals surface area contributed by atoms with E-state index in [1.54, 1.807) is 25.3 Å². The summed E-state index contributed by atoms with van der Waals surface area (Å²) >= 11 is 0. The van der Waals surface area contributed by atoms with Crippen LogP contribution in [0, 0.1) is 6.92 Å². The zero-order valence-electron chi connectivity index (χ0n) is 13.8. The number of amides is 1. The molecule has 0 aliphatic carbocycles. The van der Waals surface area contributed by atoms with Crippen molar-refractivity contribution in [1.29, 1.82) is 0 Å². The van der Waals surface area contributed by atoms with E-state index in [1.807, 2.05) is 19.1 Å². The number of aryl methyl sites for hydroxylation is 1. The lowest BCUT2D eigenvalue weighted by Crippen LogP contribution is -2.29. The molecule has 5 nitrogen and oxygen atoms in total. The molecule has 0 radical (unpaired) electrons. The normalized spacial score (nSPS) is 12.0. The predicted octanol–water partition coefficient (Wildman–Crippen LogP) is 3.18. The van der Waals surface area contributed by atoms with E-state index in [0.717, 1.165) is 18.5 Å². The summed E-state index contributed by atoms with van der Waals surface area (Å²) in [5, 5.41) is 2.71. The Hall–Kier alpha value is -2.43. The van der Waals surface area contributed by atoms with Crippen LogP contribution in [-0.2, 0) is 6.54 Å². The maximum Gasteiger partial charge on any atom is 0.349 e. The van der Waals surface area contributed by atoms with Crippen LogP contribution in [-0.4, -0.2) is 10.9 Å². The lowest BCUT2D eigenvalue weighted by atomic mass is 10.0. The first-order valence-corrected chi connectivity index (χ1v) is 7.85. The van der Waals surface area contributed by atoms with Crippen LogP contribution in [0.2, 0.25) is 0 Å². The summed E-state index contributed by atoms with van der Waals surface area (Å²) < 4.78 is 5.34. The van der Waals surface area contributed by atoms with Gasteiger partial charge in [0.1, 0.15) is 11.3 Å². The predicted molar refractivity (Wildman–Crippen MR) is 88.4 cm³/mol. The third-order valence-corrected chi connectivity index (χ3v) is 3.76. The molecule has 2 aromatic rings. The Kier molecular flexibility index (Phi) is 5.68. The number of hydrogen-bond acceptors (Lipinski definition) is 4. The third kappa shape index (κ3) is 4.28. The van der Waals surface area contributed by atoms with Gasteiger partial charge in [0.2, 0.25) is 0 Å². The summed E-state index contributed by atoms with van der Waals surface area (Å²) in [6, 6.07) is 7.25. The molecule has 0 spiro atoms. The van der Waals surface area contributed by atoms with Gasteiger partial charge in [0.15, 0.2) is 0 Å². The largest absolute Gasteiger partial charge is 0.427 e. The van der Waals surface area contributed by atoms with Crippen molar-refractivity contribution in [1.82, 2.24) is 10.3 Å². The fraction of sp³-hybridized carbons (Fsp3) is 0.389. The minimum absolute atomic E-state index is 0.0633. The Morgan fingerprint density at radius 3 is 2.78 bits per heavy atom. The van der Waals surface area contributed by atoms with Gasteiger partial charge >= 0.3 is 5.63 Å². The van der Waals surface area contributed by atoms with Crippen LogP contribution in [0.25, 0.3) is 0 Å². The van der Waals surface area contributed by atoms with Crippen LogP contribution in [0.15, 0.2) is 39.7 Å². The Labute approximate surface area is 135 Å². The van der Waals surface area contributed by atoms with Gasteiger partial charge in [-0.3, -0.25) is 9.78 Å². The minimum Gasteiger partial charge on any atom is -0.427 e. The van der Waals surface area contributed by atoms with Crippen molar-refractivity contribution < 1.29 is 9.21 Å². The van der Waals surface area contributed by atoms with E-state index in [0.29, 0.717) is 11.3 Å². The van der Waals surface area contributed by atoms with Crippen LogP contribution in [0.1, 0.15) is 60.0 Å². The van der Waals surface area contributed by atoms with Crippen LogP contribution in [0.5, 0.6) is 0 Å². The molecule has 0 aromatic carbocycles. The molecule has 0 fully saturated rings. The van der Waals surface area contributed by atoms with Gasteiger partial charge in [-0.25, -0.2) is 4.79 Å². The molecule has 0 saturated heterocycles. The number of hydrogen-bond donors (Lipinski definition) is 1. The second-order valence-electron chi connectivity index (χ2n) is 5.69. The number of aromatic nitrogens is 1. The summed E-state index contributed by atoms with van der Waals surface area (Å²) in [5.74, 6) is 0.365. The van der Waals surface area contributed by atoms with Crippen molar-refractivity contribution in [2.45, 2.75) is 46.1 Å². The Morgan fingerprint density at radius 2 is 2.17 bits per heavy atom. The maximum atomic E-state index is 12.3. The molecule has 2 heterocycles. The lowest BCUT2D eigenvalue weighted by Gasteiger charge is -2.11. The SMILES string of the molecule is CCCC(C)c1cc(C)c(C(=O)NCc2ccccn2)c(=O)o1. The molecule has 1 amide bonds. The first-order valence-electron chi connectivity index (χ1n) is 7.85. The van der Waals surface area contributed by atoms with Crippen molar-refractivity contribution >= 4 is 5.91 Å². The van der Waals surface area contributed by atoms with E-state index in [4.69, 9.17) is 4.42 Å². The van der Waals surface area contributed by atoms with E-state index in [9.17, 15) is 9.59 Å². The molecule has 0 aliphatic heterocycles. The molecule has 2 rings (SSSR count). The van der Waals surface area contributed by atoms with Gasteiger partial charge in [-0.2, -0.15) is 0 Å². The average Bonchev–Trinajstić information content (AvgIpc) is 2.53. The van der Waals surface area contributed by atoms with Gasteiger partial charge in [0.05, 0.1) is 12.2 Å². The highest BCUT2D eigenvalue weighted by Crippen LogP contribution is 2.21. The maximum absolute atomic E-state index is 12.3. The molecule has 1 atom stereocenters. The van der Waals surface area contributed by atoms with Crippen molar-refractivity contribution in [2.75, 3.05) is 0 Å². The lowest BCUT2D eigenvalue weighted by molar-refractivity contribution is 0.0945. The zero-order chi connectivity index (χ0) is 16.8. The second-order valence-corrected chi connectivity index (χ2v) is 5.69. The van der Waals surface area contributed by atoms with E-state index in [2.05, 4.69) is 17.2 Å². The molecule has 1 N–H and O–H groups in total. The summed E-state index contributed by atoms with van der Waals surface area (Å²) in [6.45, 7) is 6.13. The van der Waals surface area contributed by atoms with E-state index < -0.39 is 11.5 Å². The highest BCUT2D eigenvalue weighted by atomic mass is 16.4. The number of pyridine rings is 1. The second kappa shape index (κ2) is 7.72. The number of carbonyl (C=O) groups is 1. The first kappa shape index (κ1) is 16.9. The molecule has 0 saturated carbocycles. The minimum atomic E-state index is -0.582. The first-order chi connectivity index (χ1) is 11.0. The fourth-order valence-electron chi connectivity index (χ4n) is 2.49. The Morgan fingerprint density at radius 1 is 1.39 bits per heavy atom. The summed E-state index contributed by atoms with van der Waals surface area (Å²) in [4.78, 5) is 28.6. The topological polar surface area (TPSA) is 72.2 Å². The van der Waals surface area contributed by atoms with Crippen molar-refractivity contribution in [2.24, 2.45) is 0 Å². The van der Waals surface area contributed by atoms with Gasteiger partial charge in [0, 0.05) is 12.1 Å². The zero-order valence-corrected chi connectivity index (χ0v) is 13.8. The number of carbonyl (C=O) groups excluding carboxylic acids is 1. The van der Waals surface area contributed by atoms with Crippen LogP contribution in [0.4, 0.5) is 0 Å². The monoisotopic (exact) mass is 314 g/mol. The highest BCUT2D eigenvalue weighted by Gasteiger charge is 2.18. The molecule has 1 unspecified atom stereocenters. The smallest absolute Gasteiger partial charge is 0.349 e. The van der Waals surface area contributed by atoms with Crippen molar-refractivity contribution in [3.05, 3.63) is 63.5 Å². The number of nitrogens with one attached hydrogen (secondary N) is 1. The third-order valence-electron chi connectivity index (χ3n) is 3.76. The summed E-state index contributed by atoms with van der Waals surface area (Å²) in [7, 11) is 0. The van der Waals surface area contributed by atoms with E-state index in [1.165, 1.54) is 0 Å². The molecule has 2 aromatic heterocycles. The van der Waals surface area contributed by atoms with Crippen LogP contribution >= 0.6 is 0 Å². The molecule has 5 heteroatoms. The molecular weight excluding hydrogens is 292 g/mol. The summed E-state index contributed by atoms with van der Waals surface area (Å²) in [6.07, 6.45) is 3.61. The van der Waals surface area contributed by atoms with Gasteiger partial charge in [-0.1, -0.05) is 26.3 Å². The number of nitrogens with zero attached hydrogens (tertiary/aromatic N) is 1. The van der Waals surface area contributed by atoms with Gasteiger partial charge in [0.25, 0.3) is 5.91 Å². The molecular formula is C18H22N2O3. The molecule has 23 heavy (non-hydrogen) atoms. The highest BCUT2D eigenvalue weighted by molar-refractivity contribution is 5.95. The molecule has 0 bridgehead atoms. The van der Waals surface area contributed by atoms with Crippen LogP contribution in [0.3, 0.4) is 0 Å². The Balaban J connectivity index is 2.16. The quantitative estimate of drug-likeness (QED) is 0.889. The average molecular weight is 314 g/mol.